The van der Waals surface area contributed by atoms with E-state index in [2.05, 4.69) is 5.09 Å². The zero-order valence-corrected chi connectivity index (χ0v) is 16.5. The molecule has 3 rings (SSSR count). The smallest absolute Gasteiger partial charge is 0.296 e. The zero-order chi connectivity index (χ0) is 20.4. The Balaban J connectivity index is 2.22. The third-order valence-corrected chi connectivity index (χ3v) is 7.60. The summed E-state index contributed by atoms with van der Waals surface area (Å²) in [6.07, 6.45) is -4.67. The molecule has 0 aromatic heterocycles. The van der Waals surface area contributed by atoms with Crippen molar-refractivity contribution in [3.05, 3.63) is 96.1 Å². The minimum Gasteiger partial charge on any atom is -0.296 e. The van der Waals surface area contributed by atoms with Crippen LogP contribution in [-0.4, -0.2) is 6.18 Å². The number of benzene rings is 3. The highest BCUT2D eigenvalue weighted by molar-refractivity contribution is 7.77. The van der Waals surface area contributed by atoms with Crippen LogP contribution >= 0.6 is 7.29 Å². The maximum absolute atomic E-state index is 14.3. The number of hydrogen-bond acceptors (Lipinski definition) is 1. The summed E-state index contributed by atoms with van der Waals surface area (Å²) >= 11 is 0. The van der Waals surface area contributed by atoms with Crippen molar-refractivity contribution in [1.29, 1.82) is 0 Å². The van der Waals surface area contributed by atoms with Gasteiger partial charge in [0.05, 0.1) is 0 Å². The summed E-state index contributed by atoms with van der Waals surface area (Å²) in [4.78, 5) is 0. The van der Waals surface area contributed by atoms with Gasteiger partial charge < -0.3 is 0 Å². The summed E-state index contributed by atoms with van der Waals surface area (Å²) in [5.74, 6) is 0. The Kier molecular flexibility index (Phi) is 5.51. The summed E-state index contributed by atoms with van der Waals surface area (Å²) in [7, 11) is -3.79. The highest BCUT2D eigenvalue weighted by Crippen LogP contribution is 2.49. The van der Waals surface area contributed by atoms with Gasteiger partial charge in [0.1, 0.15) is 5.54 Å². The van der Waals surface area contributed by atoms with Gasteiger partial charge >= 0.3 is 6.18 Å². The molecule has 3 aromatic carbocycles. The van der Waals surface area contributed by atoms with E-state index in [1.54, 1.807) is 79.7 Å². The monoisotopic (exact) mass is 403 g/mol. The van der Waals surface area contributed by atoms with Crippen LogP contribution in [0.2, 0.25) is 0 Å². The molecule has 6 heteroatoms. The molecule has 0 spiro atoms. The second-order valence-corrected chi connectivity index (χ2v) is 9.36. The van der Waals surface area contributed by atoms with E-state index in [0.717, 1.165) is 6.92 Å². The molecule has 3 aromatic rings. The molecule has 0 heterocycles. The van der Waals surface area contributed by atoms with Gasteiger partial charge in [0.15, 0.2) is 0 Å². The van der Waals surface area contributed by atoms with E-state index in [1.165, 1.54) is 12.1 Å². The van der Waals surface area contributed by atoms with E-state index in [9.17, 15) is 17.7 Å². The molecule has 0 radical (unpaired) electrons. The van der Waals surface area contributed by atoms with E-state index < -0.39 is 19.0 Å². The maximum Gasteiger partial charge on any atom is 0.410 e. The first kappa shape index (κ1) is 20.4. The Morgan fingerprint density at radius 3 is 1.71 bits per heavy atom. The van der Waals surface area contributed by atoms with Crippen molar-refractivity contribution >= 4 is 17.9 Å². The molecule has 146 valence electrons. The minimum atomic E-state index is -4.67. The molecule has 0 saturated heterocycles. The van der Waals surface area contributed by atoms with E-state index in [-0.39, 0.29) is 5.56 Å². The lowest BCUT2D eigenvalue weighted by atomic mass is 9.91. The van der Waals surface area contributed by atoms with E-state index in [1.807, 2.05) is 0 Å². The molecule has 2 nitrogen and oxygen atoms in total. The van der Waals surface area contributed by atoms with Crippen LogP contribution in [0.5, 0.6) is 0 Å². The van der Waals surface area contributed by atoms with Gasteiger partial charge in [0.2, 0.25) is 7.29 Å². The fourth-order valence-corrected chi connectivity index (χ4v) is 5.74. The third kappa shape index (κ3) is 3.78. The SMILES string of the molecule is Cc1cccc([C@@](C)(NP(=O)(c2ccccc2)c2ccccc2)C(F)(F)F)c1. The number of alkyl halides is 3. The van der Waals surface area contributed by atoms with Crippen LogP contribution in [0.1, 0.15) is 18.1 Å². The first-order valence-electron chi connectivity index (χ1n) is 8.81. The van der Waals surface area contributed by atoms with Crippen molar-refractivity contribution in [2.45, 2.75) is 25.6 Å². The standard InChI is InChI=1S/C22H21F3NOP/c1-17-10-9-11-18(16-17)21(2,22(23,24)25)26-28(27,19-12-5-3-6-13-19)20-14-7-4-8-15-20/h3-16H,1-2H3,(H,26,27)/t21-/m1/s1. The number of hydrogen-bond donors (Lipinski definition) is 1. The maximum atomic E-state index is 14.3. The quantitative estimate of drug-likeness (QED) is 0.587. The molecule has 0 unspecified atom stereocenters. The first-order chi connectivity index (χ1) is 13.2. The number of nitrogens with one attached hydrogen (secondary N) is 1. The van der Waals surface area contributed by atoms with Crippen LogP contribution < -0.4 is 15.7 Å². The van der Waals surface area contributed by atoms with Crippen molar-refractivity contribution in [3.8, 4) is 0 Å². The molecule has 0 bridgehead atoms. The second-order valence-electron chi connectivity index (χ2n) is 6.88. The first-order valence-corrected chi connectivity index (χ1v) is 10.5. The molecular formula is C22H21F3NOP. The van der Waals surface area contributed by atoms with Crippen molar-refractivity contribution in [2.75, 3.05) is 0 Å². The molecule has 1 atom stereocenters. The van der Waals surface area contributed by atoms with E-state index in [4.69, 9.17) is 0 Å². The van der Waals surface area contributed by atoms with Crippen molar-refractivity contribution in [1.82, 2.24) is 5.09 Å². The van der Waals surface area contributed by atoms with Gasteiger partial charge in [0, 0.05) is 10.6 Å². The van der Waals surface area contributed by atoms with Crippen LogP contribution in [0.4, 0.5) is 13.2 Å². The summed E-state index contributed by atoms with van der Waals surface area (Å²) in [5, 5.41) is 3.20. The minimum absolute atomic E-state index is 0.0205. The summed E-state index contributed by atoms with van der Waals surface area (Å²) in [6.45, 7) is 2.77. The Labute approximate surface area is 162 Å². The predicted octanol–water partition coefficient (Wildman–Crippen LogP) is 5.29. The fraction of sp³-hybridized carbons (Fsp3) is 0.182. The highest BCUT2D eigenvalue weighted by atomic mass is 31.2. The number of rotatable bonds is 5. The van der Waals surface area contributed by atoms with E-state index in [0.29, 0.717) is 16.2 Å². The molecular weight excluding hydrogens is 382 g/mol. The van der Waals surface area contributed by atoms with Gasteiger partial charge in [-0.05, 0) is 43.7 Å². The second kappa shape index (κ2) is 7.57. The van der Waals surface area contributed by atoms with Crippen LogP contribution in [0, 0.1) is 6.92 Å². The van der Waals surface area contributed by atoms with Gasteiger partial charge in [-0.1, -0.05) is 66.2 Å². The van der Waals surface area contributed by atoms with E-state index >= 15 is 0 Å². The van der Waals surface area contributed by atoms with Crippen molar-refractivity contribution < 1.29 is 17.7 Å². The van der Waals surface area contributed by atoms with Crippen LogP contribution in [0.25, 0.3) is 0 Å². The number of halogens is 3. The molecule has 0 fully saturated rings. The Morgan fingerprint density at radius 2 is 1.29 bits per heavy atom. The number of aryl methyl sites for hydroxylation is 1. The molecule has 0 aliphatic rings. The normalized spacial score (nSPS) is 14.5. The molecule has 0 aliphatic carbocycles. The van der Waals surface area contributed by atoms with Gasteiger partial charge in [-0.2, -0.15) is 13.2 Å². The molecule has 0 saturated carbocycles. The van der Waals surface area contributed by atoms with Crippen molar-refractivity contribution in [2.24, 2.45) is 0 Å². The Morgan fingerprint density at radius 1 is 0.786 bits per heavy atom. The molecule has 28 heavy (non-hydrogen) atoms. The molecule has 0 amide bonds. The largest absolute Gasteiger partial charge is 0.410 e. The lowest BCUT2D eigenvalue weighted by Gasteiger charge is -2.37. The molecule has 0 aliphatic heterocycles. The highest BCUT2D eigenvalue weighted by Gasteiger charge is 2.55. The summed E-state index contributed by atoms with van der Waals surface area (Å²) in [6, 6.07) is 22.7. The van der Waals surface area contributed by atoms with Gasteiger partial charge in [0.25, 0.3) is 0 Å². The topological polar surface area (TPSA) is 29.1 Å². The lowest BCUT2D eigenvalue weighted by Crippen LogP contribution is -2.52. The van der Waals surface area contributed by atoms with Crippen LogP contribution in [0.3, 0.4) is 0 Å². The Hall–Kier alpha value is -2.36. The van der Waals surface area contributed by atoms with Gasteiger partial charge in [-0.15, -0.1) is 0 Å². The third-order valence-electron chi connectivity index (χ3n) is 4.78. The van der Waals surface area contributed by atoms with Crippen LogP contribution in [0.15, 0.2) is 84.9 Å². The predicted molar refractivity (Wildman–Crippen MR) is 107 cm³/mol. The van der Waals surface area contributed by atoms with Gasteiger partial charge in [-0.25, -0.2) is 5.09 Å². The fourth-order valence-electron chi connectivity index (χ4n) is 3.12. The molecule has 1 N–H and O–H groups in total. The summed E-state index contributed by atoms with van der Waals surface area (Å²) in [5.41, 5.74) is -1.78. The average Bonchev–Trinajstić information content (AvgIpc) is 2.68. The zero-order valence-electron chi connectivity index (χ0n) is 15.6. The van der Waals surface area contributed by atoms with Crippen LogP contribution in [-0.2, 0) is 10.1 Å². The lowest BCUT2D eigenvalue weighted by molar-refractivity contribution is -0.189. The Bertz CT molecular complexity index is 946. The van der Waals surface area contributed by atoms with Crippen molar-refractivity contribution in [3.63, 3.8) is 0 Å². The summed E-state index contributed by atoms with van der Waals surface area (Å²) < 4.78 is 57.0. The average molecular weight is 403 g/mol. The van der Waals surface area contributed by atoms with Gasteiger partial charge in [-0.3, -0.25) is 4.57 Å².